The molecule has 0 radical (unpaired) electrons. The van der Waals surface area contributed by atoms with Crippen LogP contribution in [0.5, 0.6) is 5.88 Å². The van der Waals surface area contributed by atoms with Crippen molar-refractivity contribution in [2.24, 2.45) is 0 Å². The van der Waals surface area contributed by atoms with E-state index >= 15 is 0 Å². The van der Waals surface area contributed by atoms with E-state index in [1.807, 2.05) is 0 Å². The molecule has 0 bridgehead atoms. The molecular formula is C20H26N4O3. The van der Waals surface area contributed by atoms with Crippen molar-refractivity contribution in [3.05, 3.63) is 52.5 Å². The average Bonchev–Trinajstić information content (AvgIpc) is 3.00. The Bertz CT molecular complexity index is 927. The SMILES string of the molecule is COCc1nc2nc(O)c(Cc3ccc(C(C)(C)C)cc3)c(COC)n2n1. The summed E-state index contributed by atoms with van der Waals surface area (Å²) in [5, 5.41) is 15.0. The van der Waals surface area contributed by atoms with Gasteiger partial charge < -0.3 is 14.6 Å². The van der Waals surface area contributed by atoms with Crippen molar-refractivity contribution in [1.29, 1.82) is 0 Å². The number of rotatable bonds is 6. The molecule has 2 aromatic heterocycles. The highest BCUT2D eigenvalue weighted by Crippen LogP contribution is 2.26. The Hall–Kier alpha value is -2.51. The van der Waals surface area contributed by atoms with E-state index in [-0.39, 0.29) is 24.5 Å². The molecule has 7 heteroatoms. The van der Waals surface area contributed by atoms with Gasteiger partial charge in [0.05, 0.1) is 12.3 Å². The summed E-state index contributed by atoms with van der Waals surface area (Å²) >= 11 is 0. The quantitative estimate of drug-likeness (QED) is 0.718. The predicted molar refractivity (Wildman–Crippen MR) is 102 cm³/mol. The number of nitrogens with zero attached hydrogens (tertiary/aromatic N) is 4. The van der Waals surface area contributed by atoms with Gasteiger partial charge in [0, 0.05) is 26.2 Å². The van der Waals surface area contributed by atoms with E-state index in [4.69, 9.17) is 9.47 Å². The van der Waals surface area contributed by atoms with E-state index in [0.29, 0.717) is 23.6 Å². The fourth-order valence-corrected chi connectivity index (χ4v) is 3.00. The molecule has 0 amide bonds. The zero-order valence-corrected chi connectivity index (χ0v) is 16.5. The summed E-state index contributed by atoms with van der Waals surface area (Å²) in [4.78, 5) is 8.50. The molecule has 3 aromatic rings. The summed E-state index contributed by atoms with van der Waals surface area (Å²) in [5.74, 6) is 0.790. The lowest BCUT2D eigenvalue weighted by molar-refractivity contribution is 0.174. The second-order valence-electron chi connectivity index (χ2n) is 7.59. The minimum absolute atomic E-state index is 0.0502. The highest BCUT2D eigenvalue weighted by atomic mass is 16.5. The number of hydrogen-bond donors (Lipinski definition) is 1. The first-order valence-electron chi connectivity index (χ1n) is 8.87. The highest BCUT2D eigenvalue weighted by Gasteiger charge is 2.19. The number of methoxy groups -OCH3 is 2. The molecule has 0 atom stereocenters. The molecule has 3 rings (SSSR count). The van der Waals surface area contributed by atoms with E-state index in [9.17, 15) is 5.11 Å². The van der Waals surface area contributed by atoms with Crippen molar-refractivity contribution in [2.75, 3.05) is 14.2 Å². The smallest absolute Gasteiger partial charge is 0.256 e. The standard InChI is InChI=1S/C20H26N4O3/c1-20(2,3)14-8-6-13(7-9-14)10-15-16(11-26-4)24-19(22-18(15)25)21-17(23-24)12-27-5/h6-9H,10-12H2,1-5H3,(H,21,22,23,25). The first-order valence-corrected chi connectivity index (χ1v) is 8.87. The van der Waals surface area contributed by atoms with Gasteiger partial charge in [-0.3, -0.25) is 0 Å². The van der Waals surface area contributed by atoms with Crippen molar-refractivity contribution < 1.29 is 14.6 Å². The van der Waals surface area contributed by atoms with Gasteiger partial charge in [0.15, 0.2) is 5.82 Å². The second-order valence-corrected chi connectivity index (χ2v) is 7.59. The molecule has 0 spiro atoms. The Morgan fingerprint density at radius 1 is 1.00 bits per heavy atom. The number of aromatic hydroxyl groups is 1. The van der Waals surface area contributed by atoms with E-state index in [1.165, 1.54) is 5.56 Å². The lowest BCUT2D eigenvalue weighted by Gasteiger charge is -2.19. The third-order valence-electron chi connectivity index (χ3n) is 4.47. The van der Waals surface area contributed by atoms with E-state index in [1.54, 1.807) is 18.7 Å². The molecule has 0 unspecified atom stereocenters. The first-order chi connectivity index (χ1) is 12.8. The number of hydrogen-bond acceptors (Lipinski definition) is 6. The maximum Gasteiger partial charge on any atom is 0.256 e. The fraction of sp³-hybridized carbons (Fsp3) is 0.450. The van der Waals surface area contributed by atoms with Gasteiger partial charge in [-0.2, -0.15) is 14.5 Å². The third-order valence-corrected chi connectivity index (χ3v) is 4.47. The van der Waals surface area contributed by atoms with Crippen LogP contribution in [0.25, 0.3) is 5.78 Å². The summed E-state index contributed by atoms with van der Waals surface area (Å²) in [6.07, 6.45) is 0.525. The van der Waals surface area contributed by atoms with Crippen LogP contribution in [-0.2, 0) is 34.5 Å². The topological polar surface area (TPSA) is 81.8 Å². The van der Waals surface area contributed by atoms with Gasteiger partial charge in [0.2, 0.25) is 5.88 Å². The van der Waals surface area contributed by atoms with Crippen molar-refractivity contribution in [1.82, 2.24) is 19.6 Å². The Morgan fingerprint density at radius 2 is 1.67 bits per heavy atom. The van der Waals surface area contributed by atoms with Crippen LogP contribution < -0.4 is 0 Å². The Labute approximate surface area is 159 Å². The molecule has 0 fully saturated rings. The van der Waals surface area contributed by atoms with E-state index in [0.717, 1.165) is 11.3 Å². The van der Waals surface area contributed by atoms with Gasteiger partial charge >= 0.3 is 0 Å². The maximum atomic E-state index is 10.5. The molecule has 0 aliphatic heterocycles. The van der Waals surface area contributed by atoms with Crippen molar-refractivity contribution in [2.45, 2.75) is 45.8 Å². The lowest BCUT2D eigenvalue weighted by Crippen LogP contribution is -2.11. The molecule has 2 heterocycles. The Morgan fingerprint density at radius 3 is 2.26 bits per heavy atom. The van der Waals surface area contributed by atoms with Crippen LogP contribution in [0.2, 0.25) is 0 Å². The number of ether oxygens (including phenoxy) is 2. The number of benzene rings is 1. The molecular weight excluding hydrogens is 344 g/mol. The number of fused-ring (bicyclic) bond motifs is 1. The maximum absolute atomic E-state index is 10.5. The monoisotopic (exact) mass is 370 g/mol. The summed E-state index contributed by atoms with van der Waals surface area (Å²) < 4.78 is 12.1. The van der Waals surface area contributed by atoms with Crippen molar-refractivity contribution >= 4 is 5.78 Å². The molecule has 7 nitrogen and oxygen atoms in total. The van der Waals surface area contributed by atoms with E-state index < -0.39 is 0 Å². The number of aromatic nitrogens is 4. The van der Waals surface area contributed by atoms with Crippen LogP contribution in [0.1, 0.15) is 49.0 Å². The predicted octanol–water partition coefficient (Wildman–Crippen LogP) is 3.01. The van der Waals surface area contributed by atoms with Crippen molar-refractivity contribution in [3.8, 4) is 5.88 Å². The van der Waals surface area contributed by atoms with Crippen LogP contribution in [0.15, 0.2) is 24.3 Å². The van der Waals surface area contributed by atoms with Crippen molar-refractivity contribution in [3.63, 3.8) is 0 Å². The first kappa shape index (κ1) is 19.3. The average molecular weight is 370 g/mol. The normalized spacial score (nSPS) is 12.0. The molecule has 27 heavy (non-hydrogen) atoms. The van der Waals surface area contributed by atoms with Crippen LogP contribution in [0.4, 0.5) is 0 Å². The molecule has 1 N–H and O–H groups in total. The minimum Gasteiger partial charge on any atom is -0.493 e. The van der Waals surface area contributed by atoms with Gasteiger partial charge in [0.25, 0.3) is 5.78 Å². The zero-order valence-electron chi connectivity index (χ0n) is 16.5. The van der Waals surface area contributed by atoms with Crippen LogP contribution in [0.3, 0.4) is 0 Å². The van der Waals surface area contributed by atoms with Crippen LogP contribution >= 0.6 is 0 Å². The molecule has 0 aliphatic carbocycles. The summed E-state index contributed by atoms with van der Waals surface area (Å²) in [6, 6.07) is 8.41. The molecule has 0 saturated carbocycles. The van der Waals surface area contributed by atoms with Gasteiger partial charge in [-0.05, 0) is 16.5 Å². The Balaban J connectivity index is 2.02. The van der Waals surface area contributed by atoms with Gasteiger partial charge in [-0.1, -0.05) is 45.0 Å². The largest absolute Gasteiger partial charge is 0.493 e. The van der Waals surface area contributed by atoms with Gasteiger partial charge in [-0.15, -0.1) is 5.10 Å². The van der Waals surface area contributed by atoms with Gasteiger partial charge in [0.1, 0.15) is 6.61 Å². The fourth-order valence-electron chi connectivity index (χ4n) is 3.00. The highest BCUT2D eigenvalue weighted by molar-refractivity contribution is 5.43. The molecule has 0 saturated heterocycles. The summed E-state index contributed by atoms with van der Waals surface area (Å²) in [5.41, 5.74) is 3.85. The summed E-state index contributed by atoms with van der Waals surface area (Å²) in [7, 11) is 3.19. The van der Waals surface area contributed by atoms with Gasteiger partial charge in [-0.25, -0.2) is 0 Å². The van der Waals surface area contributed by atoms with Crippen LogP contribution in [0, 0.1) is 0 Å². The Kier molecular flexibility index (Phi) is 5.43. The zero-order chi connectivity index (χ0) is 19.6. The second kappa shape index (κ2) is 7.62. The molecule has 1 aromatic carbocycles. The third kappa shape index (κ3) is 4.09. The minimum atomic E-state index is -0.0502. The summed E-state index contributed by atoms with van der Waals surface area (Å²) in [6.45, 7) is 7.12. The van der Waals surface area contributed by atoms with Crippen LogP contribution in [-0.4, -0.2) is 38.9 Å². The molecule has 144 valence electrons. The lowest BCUT2D eigenvalue weighted by atomic mass is 9.86. The van der Waals surface area contributed by atoms with E-state index in [2.05, 4.69) is 60.1 Å². The molecule has 0 aliphatic rings.